The lowest BCUT2D eigenvalue weighted by Gasteiger charge is -2.22. The zero-order valence-electron chi connectivity index (χ0n) is 10.0. The van der Waals surface area contributed by atoms with E-state index in [0.29, 0.717) is 0 Å². The fourth-order valence-electron chi connectivity index (χ4n) is 2.67. The van der Waals surface area contributed by atoms with Gasteiger partial charge < -0.3 is 4.90 Å². The summed E-state index contributed by atoms with van der Waals surface area (Å²) >= 11 is 1.64. The molecule has 0 aromatic heterocycles. The molecule has 1 aromatic carbocycles. The van der Waals surface area contributed by atoms with Gasteiger partial charge in [0.15, 0.2) is 0 Å². The summed E-state index contributed by atoms with van der Waals surface area (Å²) in [4.78, 5) is 15.4. The molecule has 3 rings (SSSR count). The van der Waals surface area contributed by atoms with E-state index < -0.39 is 0 Å². The Balaban J connectivity index is 1.75. The molecule has 1 aromatic rings. The summed E-state index contributed by atoms with van der Waals surface area (Å²) in [5.41, 5.74) is 1.26. The van der Waals surface area contributed by atoms with E-state index in [1.165, 1.54) is 10.5 Å². The number of amides is 1. The van der Waals surface area contributed by atoms with E-state index in [1.807, 2.05) is 12.1 Å². The number of hydrogen-bond acceptors (Lipinski definition) is 3. The Kier molecular flexibility index (Phi) is 3.00. The Labute approximate surface area is 111 Å². The van der Waals surface area contributed by atoms with Crippen molar-refractivity contribution in [2.24, 2.45) is 0 Å². The Hall–Kier alpha value is -1.47. The van der Waals surface area contributed by atoms with Crippen molar-refractivity contribution in [3.8, 4) is 6.07 Å². The van der Waals surface area contributed by atoms with Crippen LogP contribution >= 0.6 is 11.8 Å². The Bertz CT molecular complexity index is 498. The average molecular weight is 258 g/mol. The van der Waals surface area contributed by atoms with Gasteiger partial charge in [-0.1, -0.05) is 18.2 Å². The lowest BCUT2D eigenvalue weighted by Crippen LogP contribution is -2.40. The largest absolute Gasteiger partial charge is 0.326 e. The molecule has 4 heteroatoms. The Morgan fingerprint density at radius 3 is 3.06 bits per heavy atom. The molecule has 0 spiro atoms. The molecule has 0 aliphatic carbocycles. The number of benzene rings is 1. The summed E-state index contributed by atoms with van der Waals surface area (Å²) < 4.78 is 0. The van der Waals surface area contributed by atoms with Crippen LogP contribution in [0.15, 0.2) is 29.2 Å². The van der Waals surface area contributed by atoms with E-state index in [4.69, 9.17) is 5.26 Å². The Morgan fingerprint density at radius 2 is 2.28 bits per heavy atom. The average Bonchev–Trinajstić information content (AvgIpc) is 3.03. The number of nitriles is 1. The first-order chi connectivity index (χ1) is 8.79. The lowest BCUT2D eigenvalue weighted by atomic mass is 10.1. The molecular weight excluding hydrogens is 244 g/mol. The fourth-order valence-corrected chi connectivity index (χ4v) is 3.93. The minimum absolute atomic E-state index is 0.0312. The summed E-state index contributed by atoms with van der Waals surface area (Å²) in [5.74, 6) is 0.139. The normalized spacial score (nSPS) is 25.8. The highest BCUT2D eigenvalue weighted by Gasteiger charge is 2.36. The molecule has 0 radical (unpaired) electrons. The lowest BCUT2D eigenvalue weighted by molar-refractivity contribution is -0.130. The zero-order chi connectivity index (χ0) is 12.5. The van der Waals surface area contributed by atoms with Crippen molar-refractivity contribution < 1.29 is 4.79 Å². The van der Waals surface area contributed by atoms with Gasteiger partial charge in [-0.25, -0.2) is 0 Å². The van der Waals surface area contributed by atoms with Crippen LogP contribution in [0.5, 0.6) is 0 Å². The number of carbonyl (C=O) groups excluding carboxylic acids is 1. The smallest absolute Gasteiger partial charge is 0.237 e. The van der Waals surface area contributed by atoms with E-state index in [9.17, 15) is 4.79 Å². The number of carbonyl (C=O) groups is 1. The third kappa shape index (κ3) is 1.89. The third-order valence-electron chi connectivity index (χ3n) is 3.61. The van der Waals surface area contributed by atoms with E-state index >= 15 is 0 Å². The molecule has 2 unspecified atom stereocenters. The van der Waals surface area contributed by atoms with E-state index in [2.05, 4.69) is 18.2 Å². The Morgan fingerprint density at radius 1 is 1.44 bits per heavy atom. The topological polar surface area (TPSA) is 44.1 Å². The van der Waals surface area contributed by atoms with Crippen molar-refractivity contribution in [2.75, 3.05) is 6.54 Å². The molecule has 18 heavy (non-hydrogen) atoms. The summed E-state index contributed by atoms with van der Waals surface area (Å²) in [6, 6.07) is 10.2. The standard InChI is InChI=1S/C14H14N2OS/c15-9-11-5-3-7-16(11)14(17)13-8-10-4-1-2-6-12(10)18-13/h1-2,4,6,11,13H,3,5,7-8H2. The van der Waals surface area contributed by atoms with Gasteiger partial charge in [-0.3, -0.25) is 4.79 Å². The van der Waals surface area contributed by atoms with E-state index in [1.54, 1.807) is 16.7 Å². The number of fused-ring (bicyclic) bond motifs is 1. The maximum atomic E-state index is 12.4. The van der Waals surface area contributed by atoms with Crippen LogP contribution in [0, 0.1) is 11.3 Å². The molecule has 1 fully saturated rings. The summed E-state index contributed by atoms with van der Waals surface area (Å²) in [6.07, 6.45) is 2.58. The van der Waals surface area contributed by atoms with Crippen molar-refractivity contribution in [2.45, 2.75) is 35.4 Å². The second-order valence-corrected chi connectivity index (χ2v) is 5.98. The van der Waals surface area contributed by atoms with Crippen LogP contribution in [0.25, 0.3) is 0 Å². The van der Waals surface area contributed by atoms with Gasteiger partial charge in [0.25, 0.3) is 0 Å². The molecule has 1 saturated heterocycles. The minimum Gasteiger partial charge on any atom is -0.326 e. The van der Waals surface area contributed by atoms with Gasteiger partial charge in [-0.05, 0) is 30.9 Å². The molecule has 0 N–H and O–H groups in total. The maximum absolute atomic E-state index is 12.4. The van der Waals surface area contributed by atoms with E-state index in [0.717, 1.165) is 25.8 Å². The third-order valence-corrected chi connectivity index (χ3v) is 4.91. The minimum atomic E-state index is -0.207. The number of hydrogen-bond donors (Lipinski definition) is 0. The van der Waals surface area contributed by atoms with Crippen molar-refractivity contribution in [3.63, 3.8) is 0 Å². The van der Waals surface area contributed by atoms with Crippen molar-refractivity contribution in [3.05, 3.63) is 29.8 Å². The molecule has 2 atom stereocenters. The molecular formula is C14H14N2OS. The quantitative estimate of drug-likeness (QED) is 0.776. The van der Waals surface area contributed by atoms with Crippen LogP contribution in [-0.2, 0) is 11.2 Å². The predicted molar refractivity (Wildman–Crippen MR) is 70.1 cm³/mol. The van der Waals surface area contributed by atoms with Crippen molar-refractivity contribution >= 4 is 17.7 Å². The number of likely N-dealkylation sites (tertiary alicyclic amines) is 1. The van der Waals surface area contributed by atoms with Gasteiger partial charge in [0.05, 0.1) is 11.3 Å². The molecule has 2 aliphatic heterocycles. The summed E-state index contributed by atoms with van der Waals surface area (Å²) in [6.45, 7) is 0.741. The maximum Gasteiger partial charge on any atom is 0.237 e. The monoisotopic (exact) mass is 258 g/mol. The van der Waals surface area contributed by atoms with E-state index in [-0.39, 0.29) is 17.2 Å². The van der Waals surface area contributed by atoms with Gasteiger partial charge in [-0.2, -0.15) is 5.26 Å². The highest BCUT2D eigenvalue weighted by molar-refractivity contribution is 8.01. The molecule has 0 bridgehead atoms. The molecule has 3 nitrogen and oxygen atoms in total. The first kappa shape index (κ1) is 11.6. The van der Waals surface area contributed by atoms with Gasteiger partial charge in [0.2, 0.25) is 5.91 Å². The van der Waals surface area contributed by atoms with Crippen LogP contribution in [-0.4, -0.2) is 28.6 Å². The fraction of sp³-hybridized carbons (Fsp3) is 0.429. The molecule has 92 valence electrons. The molecule has 1 amide bonds. The highest BCUT2D eigenvalue weighted by atomic mass is 32.2. The van der Waals surface area contributed by atoms with Crippen molar-refractivity contribution in [1.29, 1.82) is 5.26 Å². The van der Waals surface area contributed by atoms with Crippen LogP contribution in [0.4, 0.5) is 0 Å². The molecule has 2 heterocycles. The van der Waals surface area contributed by atoms with Gasteiger partial charge >= 0.3 is 0 Å². The predicted octanol–water partition coefficient (Wildman–Crippen LogP) is 2.22. The number of thioether (sulfide) groups is 1. The van der Waals surface area contributed by atoms with Crippen LogP contribution in [0.3, 0.4) is 0 Å². The summed E-state index contributed by atoms with van der Waals surface area (Å²) in [7, 11) is 0. The van der Waals surface area contributed by atoms with Crippen molar-refractivity contribution in [1.82, 2.24) is 4.90 Å². The van der Waals surface area contributed by atoms with Gasteiger partial charge in [-0.15, -0.1) is 11.8 Å². The van der Waals surface area contributed by atoms with Gasteiger partial charge in [0.1, 0.15) is 6.04 Å². The zero-order valence-corrected chi connectivity index (χ0v) is 10.8. The molecule has 2 aliphatic rings. The van der Waals surface area contributed by atoms with Crippen LogP contribution in [0.1, 0.15) is 18.4 Å². The molecule has 0 saturated carbocycles. The van der Waals surface area contributed by atoms with Crippen LogP contribution in [0.2, 0.25) is 0 Å². The second kappa shape index (κ2) is 4.66. The number of nitrogens with zero attached hydrogens (tertiary/aromatic N) is 2. The highest BCUT2D eigenvalue weighted by Crippen LogP contribution is 2.38. The number of rotatable bonds is 1. The summed E-state index contributed by atoms with van der Waals surface area (Å²) in [5, 5.41) is 9.02. The van der Waals surface area contributed by atoms with Crippen LogP contribution < -0.4 is 0 Å². The SMILES string of the molecule is N#CC1CCCN1C(=O)C1Cc2ccccc2S1. The second-order valence-electron chi connectivity index (χ2n) is 4.74. The first-order valence-electron chi connectivity index (χ1n) is 6.24. The first-order valence-corrected chi connectivity index (χ1v) is 7.12. The van der Waals surface area contributed by atoms with Gasteiger partial charge in [0, 0.05) is 11.4 Å².